The monoisotopic (exact) mass is 253 g/mol. The largest absolute Gasteiger partial charge is 0.476 e. The van der Waals surface area contributed by atoms with Gasteiger partial charge in [0.15, 0.2) is 5.69 Å². The first-order valence-electron chi connectivity index (χ1n) is 5.22. The Morgan fingerprint density at radius 3 is 2.83 bits per heavy atom. The lowest BCUT2D eigenvalue weighted by atomic mass is 10.0. The van der Waals surface area contributed by atoms with Gasteiger partial charge in [-0.1, -0.05) is 12.7 Å². The fourth-order valence-corrected chi connectivity index (χ4v) is 1.24. The molecule has 98 valence electrons. The van der Waals surface area contributed by atoms with Crippen molar-refractivity contribution in [1.29, 1.82) is 0 Å². The van der Waals surface area contributed by atoms with Crippen molar-refractivity contribution in [3.8, 4) is 0 Å². The molecule has 1 aromatic heterocycles. The van der Waals surface area contributed by atoms with E-state index in [0.29, 0.717) is 5.69 Å². The van der Waals surface area contributed by atoms with Crippen molar-refractivity contribution in [2.75, 3.05) is 6.61 Å². The number of ether oxygens (including phenoxy) is 1. The van der Waals surface area contributed by atoms with Crippen molar-refractivity contribution in [3.63, 3.8) is 0 Å². The number of carbonyl (C=O) groups excluding carboxylic acids is 1. The van der Waals surface area contributed by atoms with Crippen molar-refractivity contribution in [2.45, 2.75) is 19.4 Å². The van der Waals surface area contributed by atoms with Crippen molar-refractivity contribution in [3.05, 3.63) is 30.1 Å². The highest BCUT2D eigenvalue weighted by Gasteiger charge is 2.26. The van der Waals surface area contributed by atoms with E-state index in [9.17, 15) is 9.59 Å². The van der Waals surface area contributed by atoms with Gasteiger partial charge >= 0.3 is 12.1 Å². The minimum atomic E-state index is -1.14. The lowest BCUT2D eigenvalue weighted by Gasteiger charge is -2.23. The Bertz CT molecular complexity index is 465. The molecule has 0 bridgehead atoms. The van der Waals surface area contributed by atoms with Gasteiger partial charge in [0.05, 0.1) is 11.2 Å². The van der Waals surface area contributed by atoms with E-state index in [-0.39, 0.29) is 12.3 Å². The molecule has 3 N–H and O–H groups in total. The van der Waals surface area contributed by atoms with E-state index in [4.69, 9.17) is 9.84 Å². The van der Waals surface area contributed by atoms with Gasteiger partial charge in [-0.2, -0.15) is 5.10 Å². The highest BCUT2D eigenvalue weighted by atomic mass is 16.5. The fraction of sp³-hybridized carbons (Fsp3) is 0.364. The van der Waals surface area contributed by atoms with Crippen LogP contribution in [0.1, 0.15) is 30.0 Å². The maximum atomic E-state index is 11.4. The van der Waals surface area contributed by atoms with Crippen LogP contribution >= 0.6 is 0 Å². The van der Waals surface area contributed by atoms with Crippen molar-refractivity contribution < 1.29 is 19.4 Å². The molecular weight excluding hydrogens is 238 g/mol. The van der Waals surface area contributed by atoms with E-state index in [1.165, 1.54) is 12.1 Å². The third-order valence-electron chi connectivity index (χ3n) is 2.22. The number of nitrogens with one attached hydrogen (secondary N) is 2. The molecule has 0 aromatic carbocycles. The quantitative estimate of drug-likeness (QED) is 0.685. The standard InChI is InChI=1S/C11H15N3O4/c1-4-5-18-10(17)12-11(2,3)8-6-7(9(15)16)13-14-8/h4,6H,1,5H2,2-3H3,(H,12,17)(H,13,14)(H,15,16). The van der Waals surface area contributed by atoms with Crippen LogP contribution < -0.4 is 5.32 Å². The number of aromatic amines is 1. The van der Waals surface area contributed by atoms with Crippen molar-refractivity contribution >= 4 is 12.1 Å². The molecule has 0 spiro atoms. The maximum absolute atomic E-state index is 11.4. The van der Waals surface area contributed by atoms with Crippen LogP contribution in [0.2, 0.25) is 0 Å². The SMILES string of the molecule is C=CCOC(=O)NC(C)(C)c1cc(C(=O)O)n[nH]1. The molecule has 1 rings (SSSR count). The Kier molecular flexibility index (Phi) is 4.09. The van der Waals surface area contributed by atoms with E-state index >= 15 is 0 Å². The van der Waals surface area contributed by atoms with Gasteiger partial charge in [0.25, 0.3) is 0 Å². The average molecular weight is 253 g/mol. The number of nitrogens with zero attached hydrogens (tertiary/aromatic N) is 1. The zero-order chi connectivity index (χ0) is 13.8. The number of amides is 1. The normalized spacial score (nSPS) is 10.8. The zero-order valence-electron chi connectivity index (χ0n) is 10.2. The Morgan fingerprint density at radius 2 is 2.33 bits per heavy atom. The summed E-state index contributed by atoms with van der Waals surface area (Å²) in [6, 6.07) is 1.36. The third-order valence-corrected chi connectivity index (χ3v) is 2.22. The topological polar surface area (TPSA) is 104 Å². The molecule has 7 heteroatoms. The maximum Gasteiger partial charge on any atom is 0.408 e. The lowest BCUT2D eigenvalue weighted by Crippen LogP contribution is -2.41. The second-order valence-electron chi connectivity index (χ2n) is 4.11. The number of hydrogen-bond acceptors (Lipinski definition) is 4. The van der Waals surface area contributed by atoms with Crippen LogP contribution in [0.5, 0.6) is 0 Å². The summed E-state index contributed by atoms with van der Waals surface area (Å²) in [6.45, 7) is 6.92. The van der Waals surface area contributed by atoms with E-state index in [0.717, 1.165) is 0 Å². The van der Waals surface area contributed by atoms with E-state index < -0.39 is 17.6 Å². The third kappa shape index (κ3) is 3.34. The number of carboxylic acids is 1. The number of aromatic nitrogens is 2. The van der Waals surface area contributed by atoms with Crippen molar-refractivity contribution in [2.24, 2.45) is 0 Å². The predicted octanol–water partition coefficient (Wildman–Crippen LogP) is 1.26. The summed E-state index contributed by atoms with van der Waals surface area (Å²) in [7, 11) is 0. The molecule has 1 aromatic rings. The number of H-pyrrole nitrogens is 1. The molecule has 0 atom stereocenters. The molecule has 0 aliphatic rings. The van der Waals surface area contributed by atoms with Crippen LogP contribution in [0.3, 0.4) is 0 Å². The van der Waals surface area contributed by atoms with Gasteiger partial charge < -0.3 is 15.2 Å². The van der Waals surface area contributed by atoms with E-state index in [1.807, 2.05) is 0 Å². The highest BCUT2D eigenvalue weighted by molar-refractivity contribution is 5.85. The second-order valence-corrected chi connectivity index (χ2v) is 4.11. The first kappa shape index (κ1) is 13.8. The van der Waals surface area contributed by atoms with Crippen LogP contribution in [0.25, 0.3) is 0 Å². The van der Waals surface area contributed by atoms with Crippen LogP contribution in [-0.4, -0.2) is 34.0 Å². The number of rotatable bonds is 5. The summed E-state index contributed by atoms with van der Waals surface area (Å²) in [5.74, 6) is -1.14. The average Bonchev–Trinajstić information content (AvgIpc) is 2.75. The second kappa shape index (κ2) is 5.35. The Morgan fingerprint density at radius 1 is 1.67 bits per heavy atom. The summed E-state index contributed by atoms with van der Waals surface area (Å²) >= 11 is 0. The molecule has 7 nitrogen and oxygen atoms in total. The number of aromatic carboxylic acids is 1. The molecule has 1 amide bonds. The summed E-state index contributed by atoms with van der Waals surface area (Å²) in [5.41, 5.74) is -0.464. The van der Waals surface area contributed by atoms with Crippen LogP contribution in [-0.2, 0) is 10.3 Å². The zero-order valence-corrected chi connectivity index (χ0v) is 10.2. The summed E-state index contributed by atoms with van der Waals surface area (Å²) in [6.07, 6.45) is 0.831. The minimum Gasteiger partial charge on any atom is -0.476 e. The van der Waals surface area contributed by atoms with Crippen LogP contribution in [0, 0.1) is 0 Å². The molecule has 0 radical (unpaired) electrons. The van der Waals surface area contributed by atoms with E-state index in [2.05, 4.69) is 22.1 Å². The van der Waals surface area contributed by atoms with Gasteiger partial charge in [-0.15, -0.1) is 0 Å². The van der Waals surface area contributed by atoms with E-state index in [1.54, 1.807) is 13.8 Å². The van der Waals surface area contributed by atoms with Gasteiger partial charge in [-0.3, -0.25) is 5.10 Å². The molecule has 0 aliphatic heterocycles. The van der Waals surface area contributed by atoms with Gasteiger partial charge in [-0.25, -0.2) is 9.59 Å². The first-order valence-corrected chi connectivity index (χ1v) is 5.22. The number of alkyl carbamates (subject to hydrolysis) is 1. The molecule has 18 heavy (non-hydrogen) atoms. The van der Waals surface area contributed by atoms with Gasteiger partial charge in [0.2, 0.25) is 0 Å². The number of hydrogen-bond donors (Lipinski definition) is 3. The molecule has 0 saturated carbocycles. The fourth-order valence-electron chi connectivity index (χ4n) is 1.24. The number of carbonyl (C=O) groups is 2. The Balaban J connectivity index is 2.75. The summed E-state index contributed by atoms with van der Waals surface area (Å²) < 4.78 is 4.78. The van der Waals surface area contributed by atoms with Crippen LogP contribution in [0.4, 0.5) is 4.79 Å². The first-order chi connectivity index (χ1) is 8.36. The molecule has 0 unspecified atom stereocenters. The van der Waals surface area contributed by atoms with Gasteiger partial charge in [0.1, 0.15) is 6.61 Å². The lowest BCUT2D eigenvalue weighted by molar-refractivity contribution is 0.0690. The summed E-state index contributed by atoms with van der Waals surface area (Å²) in [5, 5.41) is 17.5. The number of carboxylic acid groups (broad SMARTS) is 1. The highest BCUT2D eigenvalue weighted by Crippen LogP contribution is 2.18. The minimum absolute atomic E-state index is 0.102. The molecule has 0 fully saturated rings. The van der Waals surface area contributed by atoms with Crippen LogP contribution in [0.15, 0.2) is 18.7 Å². The van der Waals surface area contributed by atoms with Crippen molar-refractivity contribution in [1.82, 2.24) is 15.5 Å². The Labute approximate surface area is 104 Å². The summed E-state index contributed by atoms with van der Waals surface area (Å²) in [4.78, 5) is 22.1. The molecular formula is C11H15N3O4. The predicted molar refractivity (Wildman–Crippen MR) is 63.3 cm³/mol. The Hall–Kier alpha value is -2.31. The van der Waals surface area contributed by atoms with Gasteiger partial charge in [0, 0.05) is 0 Å². The molecule has 1 heterocycles. The molecule has 0 saturated heterocycles. The van der Waals surface area contributed by atoms with Gasteiger partial charge in [-0.05, 0) is 19.9 Å². The smallest absolute Gasteiger partial charge is 0.408 e. The molecule has 0 aliphatic carbocycles.